The molecule has 4 N–H and O–H groups in total. The highest BCUT2D eigenvalue weighted by molar-refractivity contribution is 5.44. The number of hydrogen-bond donors (Lipinski definition) is 3. The molecule has 1 aromatic heterocycles. The van der Waals surface area contributed by atoms with Crippen LogP contribution in [0.3, 0.4) is 0 Å². The zero-order chi connectivity index (χ0) is 11.3. The normalized spacial score (nSPS) is 14.9. The van der Waals surface area contributed by atoms with E-state index in [1.54, 1.807) is 18.5 Å². The number of rotatable bonds is 5. The van der Waals surface area contributed by atoms with Crippen LogP contribution < -0.4 is 5.73 Å². The molecule has 84 valence electrons. The number of nitrogen functional groups attached to an aromatic ring is 1. The van der Waals surface area contributed by atoms with Gasteiger partial charge in [-0.3, -0.25) is 4.98 Å². The topological polar surface area (TPSA) is 79.4 Å². The van der Waals surface area contributed by atoms with Crippen LogP contribution >= 0.6 is 0 Å². The molecule has 0 saturated carbocycles. The summed E-state index contributed by atoms with van der Waals surface area (Å²) >= 11 is 0. The van der Waals surface area contributed by atoms with E-state index in [1.807, 2.05) is 6.92 Å². The predicted octanol–water partition coefficient (Wildman–Crippen LogP) is 0.728. The first-order valence-electron chi connectivity index (χ1n) is 5.19. The molecule has 0 aromatic carbocycles. The largest absolute Gasteiger partial charge is 0.398 e. The van der Waals surface area contributed by atoms with Gasteiger partial charge in [0.2, 0.25) is 0 Å². The monoisotopic (exact) mass is 210 g/mol. The van der Waals surface area contributed by atoms with Gasteiger partial charge in [0.15, 0.2) is 0 Å². The molecule has 15 heavy (non-hydrogen) atoms. The number of nitrogens with two attached hydrogens (primary N) is 1. The number of aliphatic hydroxyl groups excluding tert-OH is 2. The molecule has 0 aliphatic heterocycles. The highest BCUT2D eigenvalue weighted by atomic mass is 16.3. The van der Waals surface area contributed by atoms with Gasteiger partial charge in [0.25, 0.3) is 0 Å². The Hall–Kier alpha value is -1.13. The number of aliphatic hydroxyl groups is 2. The standard InChI is InChI=1S/C11H18N2O2/c1-2-3-10(14)11(15)6-8-7-13-5-4-9(8)12/h4-5,7,10-11,14-15H,2-3,6H2,1H3,(H2,12,13). The van der Waals surface area contributed by atoms with Gasteiger partial charge in [-0.1, -0.05) is 13.3 Å². The molecule has 4 heteroatoms. The Morgan fingerprint density at radius 3 is 2.73 bits per heavy atom. The predicted molar refractivity (Wildman–Crippen MR) is 59.3 cm³/mol. The average Bonchev–Trinajstić information content (AvgIpc) is 2.21. The van der Waals surface area contributed by atoms with Crippen LogP contribution in [0.25, 0.3) is 0 Å². The second-order valence-electron chi connectivity index (χ2n) is 3.70. The molecule has 1 rings (SSSR count). The first-order chi connectivity index (χ1) is 7.15. The fourth-order valence-electron chi connectivity index (χ4n) is 1.46. The maximum Gasteiger partial charge on any atom is 0.0840 e. The van der Waals surface area contributed by atoms with Crippen LogP contribution in [0.1, 0.15) is 25.3 Å². The van der Waals surface area contributed by atoms with Crippen molar-refractivity contribution >= 4 is 5.69 Å². The summed E-state index contributed by atoms with van der Waals surface area (Å²) in [5, 5.41) is 19.3. The Labute approximate surface area is 89.8 Å². The number of nitrogens with zero attached hydrogens (tertiary/aromatic N) is 1. The van der Waals surface area contributed by atoms with E-state index in [9.17, 15) is 10.2 Å². The third-order valence-electron chi connectivity index (χ3n) is 2.40. The molecule has 0 aliphatic rings. The molecule has 0 amide bonds. The fraction of sp³-hybridized carbons (Fsp3) is 0.545. The first-order valence-corrected chi connectivity index (χ1v) is 5.19. The quantitative estimate of drug-likeness (QED) is 0.669. The lowest BCUT2D eigenvalue weighted by molar-refractivity contribution is 0.0149. The molecule has 1 aromatic rings. The van der Waals surface area contributed by atoms with Crippen LogP contribution in [-0.2, 0) is 6.42 Å². The summed E-state index contributed by atoms with van der Waals surface area (Å²) in [7, 11) is 0. The van der Waals surface area contributed by atoms with E-state index < -0.39 is 12.2 Å². The van der Waals surface area contributed by atoms with Gasteiger partial charge in [-0.15, -0.1) is 0 Å². The van der Waals surface area contributed by atoms with Crippen molar-refractivity contribution in [2.75, 3.05) is 5.73 Å². The summed E-state index contributed by atoms with van der Waals surface area (Å²) in [4.78, 5) is 3.93. The van der Waals surface area contributed by atoms with Crippen molar-refractivity contribution < 1.29 is 10.2 Å². The molecule has 0 spiro atoms. The van der Waals surface area contributed by atoms with Crippen molar-refractivity contribution in [3.63, 3.8) is 0 Å². The van der Waals surface area contributed by atoms with Crippen LogP contribution in [0.5, 0.6) is 0 Å². The Morgan fingerprint density at radius 1 is 1.40 bits per heavy atom. The Bertz CT molecular complexity index is 304. The zero-order valence-corrected chi connectivity index (χ0v) is 8.93. The SMILES string of the molecule is CCCC(O)C(O)Cc1cnccc1N. The lowest BCUT2D eigenvalue weighted by Crippen LogP contribution is -2.28. The minimum atomic E-state index is -0.767. The second-order valence-corrected chi connectivity index (χ2v) is 3.70. The molecular formula is C11H18N2O2. The Morgan fingerprint density at radius 2 is 2.13 bits per heavy atom. The maximum atomic E-state index is 9.69. The first kappa shape index (κ1) is 11.9. The van der Waals surface area contributed by atoms with Crippen molar-refractivity contribution in [2.24, 2.45) is 0 Å². The van der Waals surface area contributed by atoms with Crippen molar-refractivity contribution in [3.05, 3.63) is 24.0 Å². The van der Waals surface area contributed by atoms with Crippen molar-refractivity contribution in [1.82, 2.24) is 4.98 Å². The summed E-state index contributed by atoms with van der Waals surface area (Å²) in [5.41, 5.74) is 7.09. The molecule has 2 atom stereocenters. The molecule has 0 aliphatic carbocycles. The second kappa shape index (κ2) is 5.68. The van der Waals surface area contributed by atoms with Crippen LogP contribution in [0.2, 0.25) is 0 Å². The molecule has 2 unspecified atom stereocenters. The fourth-order valence-corrected chi connectivity index (χ4v) is 1.46. The smallest absolute Gasteiger partial charge is 0.0840 e. The minimum absolute atomic E-state index is 0.348. The average molecular weight is 210 g/mol. The number of aromatic nitrogens is 1. The molecule has 0 fully saturated rings. The highest BCUT2D eigenvalue weighted by Gasteiger charge is 2.16. The molecule has 0 bridgehead atoms. The van der Waals surface area contributed by atoms with Gasteiger partial charge in [0.05, 0.1) is 12.2 Å². The third kappa shape index (κ3) is 3.49. The lowest BCUT2D eigenvalue weighted by atomic mass is 10.0. The van der Waals surface area contributed by atoms with E-state index >= 15 is 0 Å². The highest BCUT2D eigenvalue weighted by Crippen LogP contribution is 2.14. The summed E-state index contributed by atoms with van der Waals surface area (Å²) in [6, 6.07) is 1.69. The zero-order valence-electron chi connectivity index (χ0n) is 8.93. The van der Waals surface area contributed by atoms with Gasteiger partial charge >= 0.3 is 0 Å². The van der Waals surface area contributed by atoms with E-state index in [1.165, 1.54) is 0 Å². The molecule has 4 nitrogen and oxygen atoms in total. The van der Waals surface area contributed by atoms with Crippen molar-refractivity contribution in [3.8, 4) is 0 Å². The van der Waals surface area contributed by atoms with Gasteiger partial charge in [-0.25, -0.2) is 0 Å². The summed E-state index contributed by atoms with van der Waals surface area (Å²) in [6.45, 7) is 1.97. The van der Waals surface area contributed by atoms with E-state index in [4.69, 9.17) is 5.73 Å². The van der Waals surface area contributed by atoms with Crippen LogP contribution in [-0.4, -0.2) is 27.4 Å². The molecular weight excluding hydrogens is 192 g/mol. The van der Waals surface area contributed by atoms with E-state index in [0.29, 0.717) is 18.5 Å². The number of pyridine rings is 1. The van der Waals surface area contributed by atoms with Crippen LogP contribution in [0, 0.1) is 0 Å². The number of hydrogen-bond acceptors (Lipinski definition) is 4. The van der Waals surface area contributed by atoms with Gasteiger partial charge in [0.1, 0.15) is 0 Å². The number of anilines is 1. The third-order valence-corrected chi connectivity index (χ3v) is 2.40. The van der Waals surface area contributed by atoms with Gasteiger partial charge in [-0.2, -0.15) is 0 Å². The van der Waals surface area contributed by atoms with E-state index in [2.05, 4.69) is 4.98 Å². The van der Waals surface area contributed by atoms with Crippen LogP contribution in [0.15, 0.2) is 18.5 Å². The minimum Gasteiger partial charge on any atom is -0.398 e. The van der Waals surface area contributed by atoms with E-state index in [0.717, 1.165) is 12.0 Å². The van der Waals surface area contributed by atoms with Crippen molar-refractivity contribution in [2.45, 2.75) is 38.4 Å². The summed E-state index contributed by atoms with van der Waals surface area (Å²) in [5.74, 6) is 0. The van der Waals surface area contributed by atoms with Crippen LogP contribution in [0.4, 0.5) is 5.69 Å². The summed E-state index contributed by atoms with van der Waals surface area (Å²) in [6.07, 6.45) is 3.57. The maximum absolute atomic E-state index is 9.69. The molecule has 0 saturated heterocycles. The van der Waals surface area contributed by atoms with E-state index in [-0.39, 0.29) is 0 Å². The van der Waals surface area contributed by atoms with Crippen molar-refractivity contribution in [1.29, 1.82) is 0 Å². The lowest BCUT2D eigenvalue weighted by Gasteiger charge is -2.17. The molecule has 0 radical (unpaired) electrons. The van der Waals surface area contributed by atoms with Gasteiger partial charge < -0.3 is 15.9 Å². The van der Waals surface area contributed by atoms with Gasteiger partial charge in [0, 0.05) is 24.5 Å². The van der Waals surface area contributed by atoms with Gasteiger partial charge in [-0.05, 0) is 18.1 Å². The summed E-state index contributed by atoms with van der Waals surface area (Å²) < 4.78 is 0. The Kier molecular flexibility index (Phi) is 4.52. The molecule has 1 heterocycles. The Balaban J connectivity index is 2.58.